The van der Waals surface area contributed by atoms with Crippen LogP contribution in [0.15, 0.2) is 0 Å². The van der Waals surface area contributed by atoms with Gasteiger partial charge in [-0.2, -0.15) is 0 Å². The second-order valence-electron chi connectivity index (χ2n) is 3.92. The van der Waals surface area contributed by atoms with Crippen LogP contribution in [0.5, 0.6) is 0 Å². The molecule has 1 rings (SSSR count). The maximum atomic E-state index is 10.8. The zero-order valence-corrected chi connectivity index (χ0v) is 8.47. The maximum absolute atomic E-state index is 10.8. The summed E-state index contributed by atoms with van der Waals surface area (Å²) in [5, 5.41) is 0. The van der Waals surface area contributed by atoms with Crippen molar-refractivity contribution in [2.24, 2.45) is 11.8 Å². The minimum absolute atomic E-state index is 0.0699. The van der Waals surface area contributed by atoms with Crippen LogP contribution >= 0.6 is 8.46 Å². The normalized spacial score (nSPS) is 33.0. The fourth-order valence-electron chi connectivity index (χ4n) is 2.10. The first-order valence-electron chi connectivity index (χ1n) is 4.63. The highest BCUT2D eigenvalue weighted by Gasteiger charge is 2.32. The highest BCUT2D eigenvalue weighted by molar-refractivity contribution is 7.24. The van der Waals surface area contributed by atoms with Crippen molar-refractivity contribution in [1.82, 2.24) is 0 Å². The smallest absolute Gasteiger partial charge is 0.0771 e. The predicted molar refractivity (Wildman–Crippen MR) is 49.6 cm³/mol. The van der Waals surface area contributed by atoms with E-state index in [0.29, 0.717) is 5.66 Å². The summed E-state index contributed by atoms with van der Waals surface area (Å²) in [5.41, 5.74) is 0.517. The Bertz CT molecular complexity index is 134. The van der Waals surface area contributed by atoms with E-state index in [2.05, 4.69) is 13.8 Å². The van der Waals surface area contributed by atoms with Crippen LogP contribution in [0, 0.1) is 11.8 Å². The first kappa shape index (κ1) is 9.19. The molecule has 1 aliphatic rings. The van der Waals surface area contributed by atoms with Gasteiger partial charge in [0.25, 0.3) is 0 Å². The van der Waals surface area contributed by atoms with Crippen LogP contribution in [0.3, 0.4) is 0 Å². The highest BCUT2D eigenvalue weighted by Crippen LogP contribution is 2.36. The standard InChI is InChI=1S/C9H17OP/c1-7(2)8-5-3-4-6-9(8)11-10/h7-9H,3-6H2,1-2H3/p+1/t8-,9+/m0/s1. The molecule has 0 aromatic carbocycles. The summed E-state index contributed by atoms with van der Waals surface area (Å²) in [5.74, 6) is 1.46. The summed E-state index contributed by atoms with van der Waals surface area (Å²) in [6.07, 6.45) is 5.15. The molecule has 0 amide bonds. The quantitative estimate of drug-likeness (QED) is 0.586. The Labute approximate surface area is 70.8 Å². The van der Waals surface area contributed by atoms with Crippen LogP contribution in [0.2, 0.25) is 0 Å². The Morgan fingerprint density at radius 1 is 1.27 bits per heavy atom. The topological polar surface area (TPSA) is 17.1 Å². The zero-order valence-electron chi connectivity index (χ0n) is 7.47. The van der Waals surface area contributed by atoms with E-state index in [1.165, 1.54) is 25.7 Å². The van der Waals surface area contributed by atoms with Gasteiger partial charge in [0.15, 0.2) is 5.66 Å². The van der Waals surface area contributed by atoms with Gasteiger partial charge in [-0.05, 0) is 25.2 Å². The van der Waals surface area contributed by atoms with Crippen LogP contribution in [-0.2, 0) is 4.57 Å². The van der Waals surface area contributed by atoms with Crippen LogP contribution < -0.4 is 0 Å². The van der Waals surface area contributed by atoms with Gasteiger partial charge in [0.1, 0.15) is 0 Å². The lowest BCUT2D eigenvalue weighted by Gasteiger charge is -2.25. The van der Waals surface area contributed by atoms with Crippen molar-refractivity contribution in [2.45, 2.75) is 45.2 Å². The number of hydrogen-bond acceptors (Lipinski definition) is 1. The lowest BCUT2D eigenvalue weighted by molar-refractivity contribution is 0.284. The van der Waals surface area contributed by atoms with Crippen LogP contribution in [-0.4, -0.2) is 5.66 Å². The maximum Gasteiger partial charge on any atom is 0.328 e. The van der Waals surface area contributed by atoms with Crippen molar-refractivity contribution in [1.29, 1.82) is 0 Å². The lowest BCUT2D eigenvalue weighted by atomic mass is 9.81. The summed E-state index contributed by atoms with van der Waals surface area (Å²) in [6, 6.07) is 0. The van der Waals surface area contributed by atoms with Gasteiger partial charge in [-0.15, -0.1) is 0 Å². The van der Waals surface area contributed by atoms with E-state index in [1.54, 1.807) is 0 Å². The van der Waals surface area contributed by atoms with E-state index >= 15 is 0 Å². The molecule has 0 radical (unpaired) electrons. The Morgan fingerprint density at radius 2 is 1.91 bits per heavy atom. The summed E-state index contributed by atoms with van der Waals surface area (Å²) < 4.78 is 10.8. The average molecular weight is 173 g/mol. The van der Waals surface area contributed by atoms with Crippen LogP contribution in [0.1, 0.15) is 39.5 Å². The molecule has 1 aliphatic carbocycles. The van der Waals surface area contributed by atoms with E-state index in [-0.39, 0.29) is 8.46 Å². The molecule has 0 aromatic heterocycles. The van der Waals surface area contributed by atoms with Gasteiger partial charge < -0.3 is 0 Å². The molecule has 0 heterocycles. The Hall–Kier alpha value is 0.100. The van der Waals surface area contributed by atoms with Gasteiger partial charge in [0, 0.05) is 5.92 Å². The Morgan fingerprint density at radius 3 is 2.36 bits per heavy atom. The summed E-state index contributed by atoms with van der Waals surface area (Å²) in [7, 11) is -0.0699. The van der Waals surface area contributed by atoms with Crippen molar-refractivity contribution in [3.8, 4) is 0 Å². The number of hydrogen-bond donors (Lipinski definition) is 0. The zero-order chi connectivity index (χ0) is 8.27. The van der Waals surface area contributed by atoms with Gasteiger partial charge in [-0.1, -0.05) is 24.8 Å². The van der Waals surface area contributed by atoms with Crippen molar-refractivity contribution in [3.63, 3.8) is 0 Å². The van der Waals surface area contributed by atoms with E-state index in [1.807, 2.05) is 0 Å². The van der Waals surface area contributed by atoms with Crippen LogP contribution in [0.4, 0.5) is 0 Å². The third-order valence-electron chi connectivity index (χ3n) is 2.83. The summed E-state index contributed by atoms with van der Waals surface area (Å²) in [4.78, 5) is 0. The van der Waals surface area contributed by atoms with E-state index in [9.17, 15) is 4.57 Å². The van der Waals surface area contributed by atoms with Gasteiger partial charge in [0.2, 0.25) is 0 Å². The summed E-state index contributed by atoms with van der Waals surface area (Å²) in [6.45, 7) is 4.51. The molecule has 11 heavy (non-hydrogen) atoms. The Balaban J connectivity index is 2.51. The first-order chi connectivity index (χ1) is 5.25. The van der Waals surface area contributed by atoms with Gasteiger partial charge in [-0.3, -0.25) is 0 Å². The van der Waals surface area contributed by atoms with Crippen molar-refractivity contribution in [2.75, 3.05) is 0 Å². The van der Waals surface area contributed by atoms with Gasteiger partial charge in [-0.25, -0.2) is 0 Å². The molecule has 0 saturated heterocycles. The summed E-state index contributed by atoms with van der Waals surface area (Å²) >= 11 is 0. The second-order valence-corrected chi connectivity index (χ2v) is 4.89. The van der Waals surface area contributed by atoms with E-state index < -0.39 is 0 Å². The second kappa shape index (κ2) is 4.21. The molecule has 2 heteroatoms. The van der Waals surface area contributed by atoms with E-state index in [4.69, 9.17) is 0 Å². The Kier molecular flexibility index (Phi) is 3.51. The molecule has 3 atom stereocenters. The molecule has 0 N–H and O–H groups in total. The lowest BCUT2D eigenvalue weighted by Crippen LogP contribution is -2.24. The molecule has 0 bridgehead atoms. The third-order valence-corrected chi connectivity index (χ3v) is 3.85. The minimum Gasteiger partial charge on any atom is -0.0771 e. The molecule has 64 valence electrons. The molecule has 1 fully saturated rings. The molecule has 0 spiro atoms. The third kappa shape index (κ3) is 2.27. The molecule has 0 aromatic rings. The molecule has 1 nitrogen and oxygen atoms in total. The van der Waals surface area contributed by atoms with Gasteiger partial charge in [0.05, 0.1) is 0 Å². The number of rotatable bonds is 2. The van der Waals surface area contributed by atoms with Gasteiger partial charge >= 0.3 is 8.46 Å². The van der Waals surface area contributed by atoms with E-state index in [0.717, 1.165) is 11.8 Å². The molecular weight excluding hydrogens is 155 g/mol. The molecule has 1 unspecified atom stereocenters. The fraction of sp³-hybridized carbons (Fsp3) is 1.00. The molecule has 0 aliphatic heterocycles. The minimum atomic E-state index is -0.0699. The SMILES string of the molecule is CC(C)[C@@H]1CCCC[C@H]1[PH+]=O. The molecular formula is C9H18OP+. The van der Waals surface area contributed by atoms with Crippen molar-refractivity contribution >= 4 is 8.46 Å². The van der Waals surface area contributed by atoms with Crippen molar-refractivity contribution in [3.05, 3.63) is 0 Å². The highest BCUT2D eigenvalue weighted by atomic mass is 31.1. The van der Waals surface area contributed by atoms with Crippen LogP contribution in [0.25, 0.3) is 0 Å². The largest absolute Gasteiger partial charge is 0.328 e. The first-order valence-corrected chi connectivity index (χ1v) is 5.62. The average Bonchev–Trinajstić information content (AvgIpc) is 2.04. The van der Waals surface area contributed by atoms with Crippen molar-refractivity contribution < 1.29 is 4.57 Å². The predicted octanol–water partition coefficient (Wildman–Crippen LogP) is 3.23. The monoisotopic (exact) mass is 173 g/mol. The molecule has 1 saturated carbocycles. The fourth-order valence-corrected chi connectivity index (χ4v) is 3.15.